The van der Waals surface area contributed by atoms with E-state index in [0.717, 1.165) is 10.6 Å². The predicted molar refractivity (Wildman–Crippen MR) is 74.2 cm³/mol. The second-order valence-corrected chi connectivity index (χ2v) is 5.47. The minimum Gasteiger partial charge on any atom is -0.378 e. The quantitative estimate of drug-likeness (QED) is 0.853. The molecule has 1 aliphatic rings. The van der Waals surface area contributed by atoms with E-state index in [4.69, 9.17) is 4.74 Å². The Kier molecular flexibility index (Phi) is 3.75. The number of carbonyl (C=O) groups excluding carboxylic acids is 1. The number of nitrogens with zero attached hydrogens (tertiary/aromatic N) is 2. The topological polar surface area (TPSA) is 42.4 Å². The molecule has 6 heteroatoms. The average Bonchev–Trinajstić information content (AvgIpc) is 2.98. The standard InChI is InChI=1S/C14H13FN2O2S/c15-11-3-1-10(2-4-11)13-16-9-12(20-13)14(18)17-5-7-19-8-6-17/h1-4,9H,5-8H2. The van der Waals surface area contributed by atoms with E-state index >= 15 is 0 Å². The molecule has 3 rings (SSSR count). The number of morpholine rings is 1. The molecular formula is C14H13FN2O2S. The van der Waals surface area contributed by atoms with Crippen molar-refractivity contribution in [1.29, 1.82) is 0 Å². The summed E-state index contributed by atoms with van der Waals surface area (Å²) in [6.07, 6.45) is 1.58. The molecule has 1 fully saturated rings. The molecule has 20 heavy (non-hydrogen) atoms. The van der Waals surface area contributed by atoms with Crippen molar-refractivity contribution in [2.75, 3.05) is 26.3 Å². The number of hydrogen-bond donors (Lipinski definition) is 0. The van der Waals surface area contributed by atoms with E-state index in [0.29, 0.717) is 31.2 Å². The van der Waals surface area contributed by atoms with Gasteiger partial charge in [0.25, 0.3) is 5.91 Å². The molecule has 2 heterocycles. The van der Waals surface area contributed by atoms with Crippen LogP contribution >= 0.6 is 11.3 Å². The van der Waals surface area contributed by atoms with Gasteiger partial charge in [-0.05, 0) is 24.3 Å². The van der Waals surface area contributed by atoms with Gasteiger partial charge in [-0.25, -0.2) is 9.37 Å². The fourth-order valence-corrected chi connectivity index (χ4v) is 2.91. The summed E-state index contributed by atoms with van der Waals surface area (Å²) in [7, 11) is 0. The van der Waals surface area contributed by atoms with Crippen LogP contribution in [0.2, 0.25) is 0 Å². The van der Waals surface area contributed by atoms with Crippen LogP contribution < -0.4 is 0 Å². The summed E-state index contributed by atoms with van der Waals surface area (Å²) in [6.45, 7) is 2.38. The van der Waals surface area contributed by atoms with E-state index in [-0.39, 0.29) is 11.7 Å². The highest BCUT2D eigenvalue weighted by Crippen LogP contribution is 2.26. The minimum absolute atomic E-state index is 0.0147. The lowest BCUT2D eigenvalue weighted by Gasteiger charge is -2.26. The summed E-state index contributed by atoms with van der Waals surface area (Å²) < 4.78 is 18.1. The minimum atomic E-state index is -0.282. The molecular weight excluding hydrogens is 279 g/mol. The van der Waals surface area contributed by atoms with Gasteiger partial charge in [0.05, 0.1) is 19.4 Å². The molecule has 2 aromatic rings. The van der Waals surface area contributed by atoms with Crippen molar-refractivity contribution in [3.8, 4) is 10.6 Å². The third kappa shape index (κ3) is 2.71. The Morgan fingerprint density at radius 2 is 1.95 bits per heavy atom. The molecule has 0 bridgehead atoms. The van der Waals surface area contributed by atoms with Gasteiger partial charge in [-0.15, -0.1) is 11.3 Å². The van der Waals surface area contributed by atoms with Crippen LogP contribution in [0.4, 0.5) is 4.39 Å². The third-order valence-electron chi connectivity index (χ3n) is 3.11. The highest BCUT2D eigenvalue weighted by atomic mass is 32.1. The van der Waals surface area contributed by atoms with E-state index in [1.165, 1.54) is 23.5 Å². The number of rotatable bonds is 2. The Balaban J connectivity index is 1.79. The lowest BCUT2D eigenvalue weighted by Crippen LogP contribution is -2.40. The maximum Gasteiger partial charge on any atom is 0.265 e. The monoisotopic (exact) mass is 292 g/mol. The molecule has 0 aliphatic carbocycles. The van der Waals surface area contributed by atoms with Gasteiger partial charge >= 0.3 is 0 Å². The highest BCUT2D eigenvalue weighted by molar-refractivity contribution is 7.16. The molecule has 0 unspecified atom stereocenters. The van der Waals surface area contributed by atoms with Gasteiger partial charge in [0.1, 0.15) is 15.7 Å². The molecule has 1 aromatic heterocycles. The first-order valence-electron chi connectivity index (χ1n) is 6.33. The number of benzene rings is 1. The lowest BCUT2D eigenvalue weighted by atomic mass is 10.2. The van der Waals surface area contributed by atoms with E-state index in [1.54, 1.807) is 23.2 Å². The Hall–Kier alpha value is -1.79. The number of ether oxygens (including phenoxy) is 1. The van der Waals surface area contributed by atoms with Crippen molar-refractivity contribution < 1.29 is 13.9 Å². The maximum atomic E-state index is 12.9. The highest BCUT2D eigenvalue weighted by Gasteiger charge is 2.20. The van der Waals surface area contributed by atoms with Gasteiger partial charge in [-0.2, -0.15) is 0 Å². The molecule has 4 nitrogen and oxygen atoms in total. The van der Waals surface area contributed by atoms with Crippen molar-refractivity contribution in [3.05, 3.63) is 41.2 Å². The number of hydrogen-bond acceptors (Lipinski definition) is 4. The first-order valence-corrected chi connectivity index (χ1v) is 7.14. The third-order valence-corrected chi connectivity index (χ3v) is 4.14. The van der Waals surface area contributed by atoms with Crippen molar-refractivity contribution in [2.24, 2.45) is 0 Å². The van der Waals surface area contributed by atoms with Crippen LogP contribution in [-0.4, -0.2) is 42.1 Å². The summed E-state index contributed by atoms with van der Waals surface area (Å²) in [5, 5.41) is 0.724. The molecule has 1 aromatic carbocycles. The zero-order valence-electron chi connectivity index (χ0n) is 10.7. The maximum absolute atomic E-state index is 12.9. The van der Waals surface area contributed by atoms with Crippen LogP contribution in [0.3, 0.4) is 0 Å². The lowest BCUT2D eigenvalue weighted by molar-refractivity contribution is 0.0306. The molecule has 1 amide bonds. The van der Waals surface area contributed by atoms with Crippen LogP contribution in [0.1, 0.15) is 9.67 Å². The first-order chi connectivity index (χ1) is 9.74. The fourth-order valence-electron chi connectivity index (χ4n) is 2.02. The number of thiazole rings is 1. The Morgan fingerprint density at radius 1 is 1.25 bits per heavy atom. The molecule has 1 aliphatic heterocycles. The first kappa shape index (κ1) is 13.2. The summed E-state index contributed by atoms with van der Waals surface area (Å²) >= 11 is 1.33. The molecule has 0 saturated carbocycles. The Bertz CT molecular complexity index is 606. The molecule has 0 N–H and O–H groups in total. The van der Waals surface area contributed by atoms with Crippen LogP contribution in [-0.2, 0) is 4.74 Å². The number of carbonyl (C=O) groups is 1. The predicted octanol–water partition coefficient (Wildman–Crippen LogP) is 2.42. The Morgan fingerprint density at radius 3 is 2.65 bits per heavy atom. The molecule has 104 valence electrons. The van der Waals surface area contributed by atoms with E-state index in [1.807, 2.05) is 0 Å². The van der Waals surface area contributed by atoms with E-state index in [9.17, 15) is 9.18 Å². The molecule has 1 saturated heterocycles. The largest absolute Gasteiger partial charge is 0.378 e. The summed E-state index contributed by atoms with van der Waals surface area (Å²) in [4.78, 5) is 18.9. The molecule has 0 radical (unpaired) electrons. The van der Waals surface area contributed by atoms with Crippen LogP contribution in [0.5, 0.6) is 0 Å². The smallest absolute Gasteiger partial charge is 0.265 e. The Labute approximate surface area is 119 Å². The summed E-state index contributed by atoms with van der Waals surface area (Å²) in [5.41, 5.74) is 0.817. The SMILES string of the molecule is O=C(c1cnc(-c2ccc(F)cc2)s1)N1CCOCC1. The summed E-state index contributed by atoms with van der Waals surface area (Å²) in [6, 6.07) is 6.11. The van der Waals surface area contributed by atoms with E-state index < -0.39 is 0 Å². The van der Waals surface area contributed by atoms with Gasteiger partial charge in [-0.1, -0.05) is 0 Å². The zero-order valence-corrected chi connectivity index (χ0v) is 11.5. The van der Waals surface area contributed by atoms with Gasteiger partial charge in [0.15, 0.2) is 0 Å². The fraction of sp³-hybridized carbons (Fsp3) is 0.286. The number of halogens is 1. The van der Waals surface area contributed by atoms with Crippen molar-refractivity contribution in [3.63, 3.8) is 0 Å². The van der Waals surface area contributed by atoms with Gasteiger partial charge in [0.2, 0.25) is 0 Å². The van der Waals surface area contributed by atoms with Gasteiger partial charge in [-0.3, -0.25) is 4.79 Å². The zero-order chi connectivity index (χ0) is 13.9. The second kappa shape index (κ2) is 5.68. The number of aromatic nitrogens is 1. The van der Waals surface area contributed by atoms with Gasteiger partial charge < -0.3 is 9.64 Å². The van der Waals surface area contributed by atoms with Crippen molar-refractivity contribution in [1.82, 2.24) is 9.88 Å². The van der Waals surface area contributed by atoms with Crippen molar-refractivity contribution >= 4 is 17.2 Å². The van der Waals surface area contributed by atoms with Crippen LogP contribution in [0.15, 0.2) is 30.5 Å². The second-order valence-electron chi connectivity index (χ2n) is 4.44. The van der Waals surface area contributed by atoms with Crippen LogP contribution in [0.25, 0.3) is 10.6 Å². The average molecular weight is 292 g/mol. The van der Waals surface area contributed by atoms with Gasteiger partial charge in [0, 0.05) is 18.7 Å². The van der Waals surface area contributed by atoms with E-state index in [2.05, 4.69) is 4.98 Å². The van der Waals surface area contributed by atoms with Crippen LogP contribution in [0, 0.1) is 5.82 Å². The molecule has 0 atom stereocenters. The van der Waals surface area contributed by atoms with Crippen molar-refractivity contribution in [2.45, 2.75) is 0 Å². The molecule has 0 spiro atoms. The summed E-state index contributed by atoms with van der Waals surface area (Å²) in [5.74, 6) is -0.297. The normalized spacial score (nSPS) is 15.3. The number of amides is 1.